The lowest BCUT2D eigenvalue weighted by Crippen LogP contribution is -2.26. The molecular weight excluding hydrogens is 336 g/mol. The third-order valence-electron chi connectivity index (χ3n) is 3.40. The van der Waals surface area contributed by atoms with Gasteiger partial charge in [0.25, 0.3) is 5.91 Å². The van der Waals surface area contributed by atoms with Gasteiger partial charge in [-0.15, -0.1) is 0 Å². The highest BCUT2D eigenvalue weighted by Crippen LogP contribution is 2.23. The molecule has 3 heterocycles. The molecule has 0 spiro atoms. The van der Waals surface area contributed by atoms with Crippen LogP contribution in [-0.4, -0.2) is 38.1 Å². The van der Waals surface area contributed by atoms with E-state index in [1.54, 1.807) is 37.6 Å². The minimum absolute atomic E-state index is 0.167. The number of carbonyl (C=O) groups is 1. The van der Waals surface area contributed by atoms with Crippen LogP contribution in [0.1, 0.15) is 21.7 Å². The molecule has 25 heavy (non-hydrogen) atoms. The number of pyridine rings is 1. The number of amides is 1. The second kappa shape index (κ2) is 7.35. The molecule has 0 N–H and O–H groups in total. The molecule has 0 saturated heterocycles. The van der Waals surface area contributed by atoms with Crippen LogP contribution in [0.15, 0.2) is 53.0 Å². The van der Waals surface area contributed by atoms with Gasteiger partial charge in [0.05, 0.1) is 23.6 Å². The average Bonchev–Trinajstić information content (AvgIpc) is 2.61. The first-order valence-corrected chi connectivity index (χ1v) is 8.35. The molecule has 0 atom stereocenters. The molecule has 0 aromatic carbocycles. The van der Waals surface area contributed by atoms with Crippen LogP contribution < -0.4 is 4.90 Å². The summed E-state index contributed by atoms with van der Waals surface area (Å²) in [6, 6.07) is 7.17. The van der Waals surface area contributed by atoms with Crippen molar-refractivity contribution in [1.29, 1.82) is 0 Å². The van der Waals surface area contributed by atoms with E-state index in [0.717, 1.165) is 16.4 Å². The van der Waals surface area contributed by atoms with Gasteiger partial charge in [-0.1, -0.05) is 0 Å². The molecular formula is C17H16N6OS. The first-order valence-electron chi connectivity index (χ1n) is 7.54. The number of hydrogen-bond acceptors (Lipinski definition) is 7. The van der Waals surface area contributed by atoms with E-state index in [1.165, 1.54) is 22.9 Å². The van der Waals surface area contributed by atoms with Crippen LogP contribution in [0, 0.1) is 13.8 Å². The molecule has 126 valence electrons. The van der Waals surface area contributed by atoms with Crippen molar-refractivity contribution in [3.8, 4) is 0 Å². The standard InChI is InChI=1S/C17H16N6OS/c1-11-8-12(2)22-17(21-11)25-15-5-4-13(9-18-15)16(24)23(3)14-6-7-19-20-10-14/h4-10H,1-3H3. The molecule has 8 heteroatoms. The van der Waals surface area contributed by atoms with Gasteiger partial charge in [-0.3, -0.25) is 4.79 Å². The van der Waals surface area contributed by atoms with Crippen molar-refractivity contribution in [3.63, 3.8) is 0 Å². The van der Waals surface area contributed by atoms with E-state index >= 15 is 0 Å². The van der Waals surface area contributed by atoms with E-state index in [9.17, 15) is 4.79 Å². The summed E-state index contributed by atoms with van der Waals surface area (Å²) in [6.45, 7) is 3.86. The summed E-state index contributed by atoms with van der Waals surface area (Å²) in [5.41, 5.74) is 2.98. The normalized spacial score (nSPS) is 10.5. The smallest absolute Gasteiger partial charge is 0.259 e. The summed E-state index contributed by atoms with van der Waals surface area (Å²) in [5.74, 6) is -0.167. The zero-order valence-corrected chi connectivity index (χ0v) is 14.9. The Labute approximate surface area is 149 Å². The second-order valence-corrected chi connectivity index (χ2v) is 6.37. The van der Waals surface area contributed by atoms with Gasteiger partial charge in [0.15, 0.2) is 5.16 Å². The van der Waals surface area contributed by atoms with E-state index in [1.807, 2.05) is 19.9 Å². The van der Waals surface area contributed by atoms with Crippen LogP contribution in [0.5, 0.6) is 0 Å². The first-order chi connectivity index (χ1) is 12.0. The summed E-state index contributed by atoms with van der Waals surface area (Å²) in [4.78, 5) is 27.1. The highest BCUT2D eigenvalue weighted by atomic mass is 32.2. The summed E-state index contributed by atoms with van der Waals surface area (Å²) in [6.07, 6.45) is 4.63. The quantitative estimate of drug-likeness (QED) is 0.667. The van der Waals surface area contributed by atoms with Crippen molar-refractivity contribution in [2.45, 2.75) is 24.0 Å². The Morgan fingerprint density at radius 3 is 2.40 bits per heavy atom. The van der Waals surface area contributed by atoms with Crippen LogP contribution in [0.2, 0.25) is 0 Å². The summed E-state index contributed by atoms with van der Waals surface area (Å²) in [7, 11) is 1.69. The van der Waals surface area contributed by atoms with E-state index in [4.69, 9.17) is 0 Å². The number of nitrogens with zero attached hydrogens (tertiary/aromatic N) is 6. The van der Waals surface area contributed by atoms with E-state index in [-0.39, 0.29) is 5.91 Å². The van der Waals surface area contributed by atoms with Gasteiger partial charge in [0.1, 0.15) is 5.03 Å². The highest BCUT2D eigenvalue weighted by Gasteiger charge is 2.14. The number of rotatable bonds is 4. The number of aromatic nitrogens is 5. The van der Waals surface area contributed by atoms with E-state index < -0.39 is 0 Å². The minimum Gasteiger partial charge on any atom is -0.310 e. The van der Waals surface area contributed by atoms with Gasteiger partial charge in [-0.25, -0.2) is 15.0 Å². The van der Waals surface area contributed by atoms with Crippen molar-refractivity contribution < 1.29 is 4.79 Å². The molecule has 0 aliphatic rings. The zero-order chi connectivity index (χ0) is 17.8. The summed E-state index contributed by atoms with van der Waals surface area (Å²) in [5, 5.41) is 8.86. The molecule has 0 aliphatic carbocycles. The Hall–Kier alpha value is -2.87. The average molecular weight is 352 g/mol. The fourth-order valence-corrected chi connectivity index (χ4v) is 3.00. The van der Waals surface area contributed by atoms with Crippen molar-refractivity contribution in [2.75, 3.05) is 11.9 Å². The van der Waals surface area contributed by atoms with Crippen molar-refractivity contribution in [2.24, 2.45) is 0 Å². The number of carbonyl (C=O) groups excluding carboxylic acids is 1. The minimum atomic E-state index is -0.167. The van der Waals surface area contributed by atoms with Crippen molar-refractivity contribution >= 4 is 23.4 Å². The number of anilines is 1. The first kappa shape index (κ1) is 17.0. The van der Waals surface area contributed by atoms with Crippen molar-refractivity contribution in [1.82, 2.24) is 25.1 Å². The summed E-state index contributed by atoms with van der Waals surface area (Å²) < 4.78 is 0. The lowest BCUT2D eigenvalue weighted by atomic mass is 10.2. The van der Waals surface area contributed by atoms with Gasteiger partial charge in [0, 0.05) is 24.6 Å². The Morgan fingerprint density at radius 2 is 1.80 bits per heavy atom. The highest BCUT2D eigenvalue weighted by molar-refractivity contribution is 7.99. The lowest BCUT2D eigenvalue weighted by Gasteiger charge is -2.16. The third-order valence-corrected chi connectivity index (χ3v) is 4.22. The molecule has 1 amide bonds. The SMILES string of the molecule is Cc1cc(C)nc(Sc2ccc(C(=O)N(C)c3ccnnc3)cn2)n1. The Morgan fingerprint density at radius 1 is 1.04 bits per heavy atom. The van der Waals surface area contributed by atoms with Gasteiger partial charge in [0.2, 0.25) is 0 Å². The topological polar surface area (TPSA) is 84.8 Å². The fourth-order valence-electron chi connectivity index (χ4n) is 2.19. The maximum atomic E-state index is 12.5. The Kier molecular flexibility index (Phi) is 4.99. The Balaban J connectivity index is 1.74. The van der Waals surface area contributed by atoms with Crippen LogP contribution >= 0.6 is 11.8 Å². The number of hydrogen-bond donors (Lipinski definition) is 0. The monoisotopic (exact) mass is 352 g/mol. The number of aryl methyl sites for hydroxylation is 2. The molecule has 0 unspecified atom stereocenters. The van der Waals surface area contributed by atoms with Gasteiger partial charge >= 0.3 is 0 Å². The van der Waals surface area contributed by atoms with Crippen LogP contribution in [0.4, 0.5) is 5.69 Å². The maximum absolute atomic E-state index is 12.5. The van der Waals surface area contributed by atoms with Crippen molar-refractivity contribution in [3.05, 3.63) is 59.8 Å². The second-order valence-electron chi connectivity index (χ2n) is 5.39. The predicted molar refractivity (Wildman–Crippen MR) is 94.6 cm³/mol. The lowest BCUT2D eigenvalue weighted by molar-refractivity contribution is 0.0992. The van der Waals surface area contributed by atoms with Crippen LogP contribution in [-0.2, 0) is 0 Å². The molecule has 7 nitrogen and oxygen atoms in total. The third kappa shape index (κ3) is 4.16. The van der Waals surface area contributed by atoms with E-state index in [2.05, 4.69) is 25.1 Å². The molecule has 3 aromatic rings. The maximum Gasteiger partial charge on any atom is 0.259 e. The molecule has 0 saturated carbocycles. The molecule has 0 radical (unpaired) electrons. The van der Waals surface area contributed by atoms with Gasteiger partial charge < -0.3 is 4.90 Å². The van der Waals surface area contributed by atoms with Gasteiger partial charge in [-0.05, 0) is 49.9 Å². The largest absolute Gasteiger partial charge is 0.310 e. The molecule has 0 aliphatic heterocycles. The molecule has 0 fully saturated rings. The van der Waals surface area contributed by atoms with Gasteiger partial charge in [-0.2, -0.15) is 10.2 Å². The van der Waals surface area contributed by atoms with E-state index in [0.29, 0.717) is 16.4 Å². The van der Waals surface area contributed by atoms with Crippen LogP contribution in [0.25, 0.3) is 0 Å². The predicted octanol–water partition coefficient (Wildman–Crippen LogP) is 2.71. The molecule has 0 bridgehead atoms. The zero-order valence-electron chi connectivity index (χ0n) is 14.0. The fraction of sp³-hybridized carbons (Fsp3) is 0.176. The molecule has 3 aromatic heterocycles. The molecule has 3 rings (SSSR count). The summed E-state index contributed by atoms with van der Waals surface area (Å²) >= 11 is 1.36. The van der Waals surface area contributed by atoms with Crippen LogP contribution in [0.3, 0.4) is 0 Å². The Bertz CT molecular complexity index is 865.